The van der Waals surface area contributed by atoms with E-state index in [1.165, 1.54) is 18.2 Å². The number of nitrogens with zero attached hydrogens (tertiary/aromatic N) is 4. The summed E-state index contributed by atoms with van der Waals surface area (Å²) >= 11 is 0. The number of fused-ring (bicyclic) bond motifs is 1. The summed E-state index contributed by atoms with van der Waals surface area (Å²) in [5, 5.41) is 6.73. The van der Waals surface area contributed by atoms with Gasteiger partial charge >= 0.3 is 0 Å². The van der Waals surface area contributed by atoms with Crippen LogP contribution in [0, 0.1) is 5.82 Å². The molecule has 0 radical (unpaired) electrons. The second-order valence-electron chi connectivity index (χ2n) is 8.80. The van der Waals surface area contributed by atoms with E-state index in [-0.39, 0.29) is 11.7 Å². The van der Waals surface area contributed by atoms with Gasteiger partial charge in [0.1, 0.15) is 29.7 Å². The Balaban J connectivity index is 1.40. The van der Waals surface area contributed by atoms with E-state index in [2.05, 4.69) is 32.1 Å². The van der Waals surface area contributed by atoms with Crippen LogP contribution in [-0.4, -0.2) is 71.9 Å². The zero-order valence-electron chi connectivity index (χ0n) is 21.5. The van der Waals surface area contributed by atoms with E-state index in [0.29, 0.717) is 54.5 Å². The van der Waals surface area contributed by atoms with Crippen LogP contribution >= 0.6 is 0 Å². The maximum Gasteiger partial charge on any atom is 0.247 e. The number of morpholine rings is 1. The largest absolute Gasteiger partial charge is 0.494 e. The number of anilines is 3. The number of carbonyl (C=O) groups excluding carboxylic acids is 1. The fourth-order valence-corrected chi connectivity index (χ4v) is 4.32. The molecule has 1 saturated heterocycles. The Hall–Kier alpha value is -4.48. The minimum Gasteiger partial charge on any atom is -0.494 e. The number of nitrogens with one attached hydrogen (secondary N) is 2. The topological polar surface area (TPSA) is 103 Å². The lowest BCUT2D eigenvalue weighted by Gasteiger charge is -2.26. The maximum atomic E-state index is 13.6. The number of hydrogen-bond donors (Lipinski definition) is 2. The Morgan fingerprint density at radius 2 is 2.00 bits per heavy atom. The molecule has 1 fully saturated rings. The van der Waals surface area contributed by atoms with Gasteiger partial charge in [-0.25, -0.2) is 9.37 Å². The molecule has 10 nitrogen and oxygen atoms in total. The third-order valence-corrected chi connectivity index (χ3v) is 6.30. The van der Waals surface area contributed by atoms with Crippen molar-refractivity contribution >= 4 is 34.1 Å². The number of rotatable bonds is 10. The van der Waals surface area contributed by atoms with E-state index in [0.717, 1.165) is 30.5 Å². The van der Waals surface area contributed by atoms with E-state index in [9.17, 15) is 9.18 Å². The molecule has 0 saturated carbocycles. The minimum atomic E-state index is -0.377. The zero-order valence-corrected chi connectivity index (χ0v) is 21.5. The molecule has 0 aliphatic carbocycles. The van der Waals surface area contributed by atoms with Crippen molar-refractivity contribution in [2.75, 3.05) is 57.2 Å². The number of ether oxygens (including phenoxy) is 3. The molecule has 2 aromatic carbocycles. The number of halogens is 1. The van der Waals surface area contributed by atoms with Gasteiger partial charge in [-0.1, -0.05) is 6.58 Å². The predicted octanol–water partition coefficient (Wildman–Crippen LogP) is 4.15. The van der Waals surface area contributed by atoms with Gasteiger partial charge in [0.05, 0.1) is 37.2 Å². The third kappa shape index (κ3) is 6.16. The smallest absolute Gasteiger partial charge is 0.247 e. The van der Waals surface area contributed by atoms with E-state index in [1.54, 1.807) is 37.6 Å². The molecule has 0 atom stereocenters. The van der Waals surface area contributed by atoms with Crippen LogP contribution in [0.15, 0.2) is 67.5 Å². The fourth-order valence-electron chi connectivity index (χ4n) is 4.32. The standard InChI is InChI=1S/C28H29FN6O4/c1-3-27(36)31-22-17-21(24(37-2)18-25(22)39-15-12-34-10-13-38-14-11-34)32-28-30-8-6-26(33-28)35-9-7-19-16-20(29)4-5-23(19)35/h3-9,16-18H,1,10-15H2,2H3,(H,31,36)(H,30,32,33). The van der Waals surface area contributed by atoms with Crippen molar-refractivity contribution in [3.8, 4) is 17.3 Å². The average Bonchev–Trinajstić information content (AvgIpc) is 3.38. The Morgan fingerprint density at radius 3 is 2.79 bits per heavy atom. The molecule has 2 N–H and O–H groups in total. The molecule has 0 spiro atoms. The summed E-state index contributed by atoms with van der Waals surface area (Å²) in [4.78, 5) is 23.4. The maximum absolute atomic E-state index is 13.6. The quantitative estimate of drug-likeness (QED) is 0.294. The van der Waals surface area contributed by atoms with Crippen molar-refractivity contribution in [2.24, 2.45) is 0 Å². The van der Waals surface area contributed by atoms with Crippen molar-refractivity contribution in [1.29, 1.82) is 0 Å². The monoisotopic (exact) mass is 532 g/mol. The second kappa shape index (κ2) is 11.9. The molecule has 1 aliphatic rings. The summed E-state index contributed by atoms with van der Waals surface area (Å²) in [6, 6.07) is 11.6. The van der Waals surface area contributed by atoms with Crippen LogP contribution in [0.1, 0.15) is 0 Å². The van der Waals surface area contributed by atoms with E-state index < -0.39 is 0 Å². The van der Waals surface area contributed by atoms with Crippen molar-refractivity contribution in [1.82, 2.24) is 19.4 Å². The molecule has 1 amide bonds. The summed E-state index contributed by atoms with van der Waals surface area (Å²) in [6.07, 6.45) is 4.63. The van der Waals surface area contributed by atoms with Crippen LogP contribution in [0.4, 0.5) is 21.7 Å². The number of amides is 1. The van der Waals surface area contributed by atoms with Crippen LogP contribution in [0.2, 0.25) is 0 Å². The summed E-state index contributed by atoms with van der Waals surface area (Å²) in [6.45, 7) is 7.80. The molecule has 11 heteroatoms. The van der Waals surface area contributed by atoms with Gasteiger partial charge in [-0.3, -0.25) is 9.69 Å². The Bertz CT molecular complexity index is 1480. The molecule has 0 unspecified atom stereocenters. The van der Waals surface area contributed by atoms with Crippen molar-refractivity contribution < 1.29 is 23.4 Å². The summed E-state index contributed by atoms with van der Waals surface area (Å²) in [5.41, 5.74) is 1.78. The lowest BCUT2D eigenvalue weighted by molar-refractivity contribution is -0.111. The number of benzene rings is 2. The molecule has 4 aromatic rings. The highest BCUT2D eigenvalue weighted by Gasteiger charge is 2.16. The van der Waals surface area contributed by atoms with Gasteiger partial charge in [-0.15, -0.1) is 0 Å². The first kappa shape index (κ1) is 26.1. The second-order valence-corrected chi connectivity index (χ2v) is 8.80. The fraction of sp³-hybridized carbons (Fsp3) is 0.250. The number of methoxy groups -OCH3 is 1. The van der Waals surface area contributed by atoms with Crippen LogP contribution in [0.5, 0.6) is 11.5 Å². The molecule has 2 aromatic heterocycles. The number of hydrogen-bond acceptors (Lipinski definition) is 8. The Kier molecular flexibility index (Phi) is 7.99. The first-order valence-electron chi connectivity index (χ1n) is 12.5. The molecular weight excluding hydrogens is 503 g/mol. The summed E-state index contributed by atoms with van der Waals surface area (Å²) < 4.78 is 32.5. The van der Waals surface area contributed by atoms with E-state index in [1.807, 2.05) is 16.8 Å². The lowest BCUT2D eigenvalue weighted by atomic mass is 10.2. The van der Waals surface area contributed by atoms with Gasteiger partial charge in [0.2, 0.25) is 11.9 Å². The molecule has 3 heterocycles. The molecular formula is C28H29FN6O4. The molecule has 0 bridgehead atoms. The SMILES string of the molecule is C=CC(=O)Nc1cc(Nc2nccc(-n3ccc4cc(F)ccc43)n2)c(OC)cc1OCCN1CCOCC1. The van der Waals surface area contributed by atoms with Crippen LogP contribution in [-0.2, 0) is 9.53 Å². The Labute approximate surface area is 225 Å². The average molecular weight is 533 g/mol. The van der Waals surface area contributed by atoms with Crippen molar-refractivity contribution in [3.05, 3.63) is 73.3 Å². The summed E-state index contributed by atoms with van der Waals surface area (Å²) in [5.74, 6) is 1.15. The molecule has 202 valence electrons. The third-order valence-electron chi connectivity index (χ3n) is 6.30. The lowest BCUT2D eigenvalue weighted by Crippen LogP contribution is -2.38. The highest BCUT2D eigenvalue weighted by Crippen LogP contribution is 2.38. The first-order valence-corrected chi connectivity index (χ1v) is 12.5. The molecule has 1 aliphatic heterocycles. The zero-order chi connectivity index (χ0) is 27.2. The van der Waals surface area contributed by atoms with E-state index >= 15 is 0 Å². The summed E-state index contributed by atoms with van der Waals surface area (Å²) in [7, 11) is 1.54. The van der Waals surface area contributed by atoms with Gasteiger partial charge < -0.3 is 29.4 Å². The normalized spacial score (nSPS) is 13.7. The van der Waals surface area contributed by atoms with Gasteiger partial charge in [0.25, 0.3) is 0 Å². The minimum absolute atomic E-state index is 0.301. The number of aromatic nitrogens is 3. The van der Waals surface area contributed by atoms with Crippen LogP contribution in [0.3, 0.4) is 0 Å². The van der Waals surface area contributed by atoms with Gasteiger partial charge in [-0.2, -0.15) is 4.98 Å². The van der Waals surface area contributed by atoms with Gasteiger partial charge in [-0.05, 0) is 42.5 Å². The van der Waals surface area contributed by atoms with Crippen molar-refractivity contribution in [2.45, 2.75) is 0 Å². The molecule has 39 heavy (non-hydrogen) atoms. The Morgan fingerprint density at radius 1 is 1.15 bits per heavy atom. The number of carbonyl (C=O) groups is 1. The molecule has 5 rings (SSSR count). The van der Waals surface area contributed by atoms with Crippen LogP contribution in [0.25, 0.3) is 16.7 Å². The van der Waals surface area contributed by atoms with Gasteiger partial charge in [0, 0.05) is 43.5 Å². The predicted molar refractivity (Wildman–Crippen MR) is 147 cm³/mol. The van der Waals surface area contributed by atoms with Crippen molar-refractivity contribution in [3.63, 3.8) is 0 Å². The highest BCUT2D eigenvalue weighted by molar-refractivity contribution is 6.00. The van der Waals surface area contributed by atoms with E-state index in [4.69, 9.17) is 14.2 Å². The van der Waals surface area contributed by atoms with Gasteiger partial charge in [0.15, 0.2) is 0 Å². The van der Waals surface area contributed by atoms with Crippen LogP contribution < -0.4 is 20.1 Å². The highest BCUT2D eigenvalue weighted by atomic mass is 19.1. The first-order chi connectivity index (χ1) is 19.0.